The quantitative estimate of drug-likeness (QED) is 0.592. The van der Waals surface area contributed by atoms with Crippen LogP contribution < -0.4 is 0 Å². The lowest BCUT2D eigenvalue weighted by atomic mass is 9.78. The molecule has 0 radical (unpaired) electrons. The van der Waals surface area contributed by atoms with Gasteiger partial charge in [0.15, 0.2) is 0 Å². The van der Waals surface area contributed by atoms with Crippen molar-refractivity contribution in [3.63, 3.8) is 0 Å². The molecule has 0 aromatic heterocycles. The summed E-state index contributed by atoms with van der Waals surface area (Å²) in [5.41, 5.74) is 0.236. The third-order valence-corrected chi connectivity index (χ3v) is 3.89. The molecule has 2 unspecified atom stereocenters. The maximum atomic E-state index is 11.1. The highest BCUT2D eigenvalue weighted by Crippen LogP contribution is 2.67. The number of rotatable bonds is 3. The molecule has 12 heavy (non-hydrogen) atoms. The van der Waals surface area contributed by atoms with Crippen molar-refractivity contribution in [2.75, 3.05) is 0 Å². The summed E-state index contributed by atoms with van der Waals surface area (Å²) in [6.45, 7) is 11.0. The Labute approximate surface area is 75.5 Å². The summed E-state index contributed by atoms with van der Waals surface area (Å²) in [5.74, 6) is 1.13. The minimum absolute atomic E-state index is 0.0127. The van der Waals surface area contributed by atoms with Gasteiger partial charge in [0.2, 0.25) is 0 Å². The average molecular weight is 168 g/mol. The molecule has 0 amide bonds. The van der Waals surface area contributed by atoms with Gasteiger partial charge in [-0.15, -0.1) is 0 Å². The van der Waals surface area contributed by atoms with Gasteiger partial charge in [0, 0.05) is 5.41 Å². The van der Waals surface area contributed by atoms with E-state index in [1.165, 1.54) is 6.29 Å². The van der Waals surface area contributed by atoms with Crippen molar-refractivity contribution in [1.29, 1.82) is 0 Å². The lowest BCUT2D eigenvalue weighted by molar-refractivity contribution is -0.115. The minimum atomic E-state index is -0.0127. The van der Waals surface area contributed by atoms with Gasteiger partial charge in [-0.2, -0.15) is 0 Å². The summed E-state index contributed by atoms with van der Waals surface area (Å²) in [7, 11) is 0. The first-order valence-corrected chi connectivity index (χ1v) is 4.84. The topological polar surface area (TPSA) is 17.1 Å². The molecule has 1 rings (SSSR count). The van der Waals surface area contributed by atoms with E-state index in [0.29, 0.717) is 11.8 Å². The summed E-state index contributed by atoms with van der Waals surface area (Å²) in [5, 5.41) is 0. The van der Waals surface area contributed by atoms with Crippen LogP contribution in [-0.2, 0) is 4.79 Å². The monoisotopic (exact) mass is 168 g/mol. The highest BCUT2D eigenvalue weighted by Gasteiger charge is 2.64. The molecule has 0 aromatic carbocycles. The molecule has 2 atom stereocenters. The first-order valence-electron chi connectivity index (χ1n) is 4.84. The van der Waals surface area contributed by atoms with Gasteiger partial charge in [0.25, 0.3) is 0 Å². The third kappa shape index (κ3) is 1.10. The summed E-state index contributed by atoms with van der Waals surface area (Å²) in [6.07, 6.45) is 2.26. The van der Waals surface area contributed by atoms with Gasteiger partial charge >= 0.3 is 0 Å². The van der Waals surface area contributed by atoms with E-state index < -0.39 is 0 Å². The smallest absolute Gasteiger partial charge is 0.126 e. The van der Waals surface area contributed by atoms with Gasteiger partial charge < -0.3 is 4.79 Å². The molecule has 1 nitrogen and oxygen atoms in total. The molecule has 0 N–H and O–H groups in total. The van der Waals surface area contributed by atoms with E-state index in [1.807, 2.05) is 0 Å². The zero-order valence-corrected chi connectivity index (χ0v) is 8.85. The molecule has 70 valence electrons. The van der Waals surface area contributed by atoms with Crippen molar-refractivity contribution < 1.29 is 4.79 Å². The minimum Gasteiger partial charge on any atom is -0.303 e. The molecule has 1 fully saturated rings. The second kappa shape index (κ2) is 2.58. The van der Waals surface area contributed by atoms with E-state index in [2.05, 4.69) is 34.6 Å². The van der Waals surface area contributed by atoms with E-state index in [0.717, 1.165) is 6.42 Å². The fraction of sp³-hybridized carbons (Fsp3) is 0.909. The molecule has 1 aliphatic carbocycles. The van der Waals surface area contributed by atoms with Crippen LogP contribution in [0.4, 0.5) is 0 Å². The molecule has 0 aliphatic heterocycles. The standard InChI is InChI=1S/C11H20O/c1-8(2)9(3)11(7-12)6-10(11,4)5/h7-9H,6H2,1-5H3. The fourth-order valence-electron chi connectivity index (χ4n) is 2.37. The van der Waals surface area contributed by atoms with Crippen LogP contribution in [0.2, 0.25) is 0 Å². The van der Waals surface area contributed by atoms with E-state index in [1.54, 1.807) is 0 Å². The molecule has 1 heteroatoms. The Morgan fingerprint density at radius 2 is 1.67 bits per heavy atom. The molecule has 0 spiro atoms. The van der Waals surface area contributed by atoms with E-state index in [4.69, 9.17) is 0 Å². The summed E-state index contributed by atoms with van der Waals surface area (Å²) >= 11 is 0. The van der Waals surface area contributed by atoms with Crippen LogP contribution in [0.15, 0.2) is 0 Å². The zero-order valence-electron chi connectivity index (χ0n) is 8.85. The van der Waals surface area contributed by atoms with Crippen LogP contribution in [0.1, 0.15) is 41.0 Å². The molecular weight excluding hydrogens is 148 g/mol. The number of hydrogen-bond donors (Lipinski definition) is 0. The van der Waals surface area contributed by atoms with E-state index in [9.17, 15) is 4.79 Å². The van der Waals surface area contributed by atoms with Gasteiger partial charge in [0.1, 0.15) is 6.29 Å². The fourth-order valence-corrected chi connectivity index (χ4v) is 2.37. The third-order valence-electron chi connectivity index (χ3n) is 3.89. The van der Waals surface area contributed by atoms with Gasteiger partial charge in [-0.1, -0.05) is 34.6 Å². The van der Waals surface area contributed by atoms with Crippen molar-refractivity contribution in [3.05, 3.63) is 0 Å². The normalized spacial score (nSPS) is 34.8. The first-order chi connectivity index (χ1) is 5.37. The maximum Gasteiger partial charge on any atom is 0.126 e. The van der Waals surface area contributed by atoms with Crippen LogP contribution in [0.25, 0.3) is 0 Å². The van der Waals surface area contributed by atoms with Crippen LogP contribution in [0.3, 0.4) is 0 Å². The number of carbonyl (C=O) groups excluding carboxylic acids is 1. The zero-order chi connectivity index (χ0) is 9.57. The average Bonchev–Trinajstić information content (AvgIpc) is 2.53. The lowest BCUT2D eigenvalue weighted by Gasteiger charge is -2.25. The Balaban J connectivity index is 2.79. The van der Waals surface area contributed by atoms with Gasteiger partial charge in [-0.25, -0.2) is 0 Å². The van der Waals surface area contributed by atoms with Crippen molar-refractivity contribution >= 4 is 6.29 Å². The van der Waals surface area contributed by atoms with Gasteiger partial charge in [-0.3, -0.25) is 0 Å². The molecule has 0 saturated heterocycles. The van der Waals surface area contributed by atoms with E-state index >= 15 is 0 Å². The molecular formula is C11H20O. The predicted octanol–water partition coefficient (Wildman–Crippen LogP) is 2.89. The van der Waals surface area contributed by atoms with Crippen LogP contribution >= 0.6 is 0 Å². The number of carbonyl (C=O) groups is 1. The predicted molar refractivity (Wildman–Crippen MR) is 50.9 cm³/mol. The SMILES string of the molecule is CC(C)C(C)C1(C=O)CC1(C)C. The molecule has 0 heterocycles. The molecule has 1 saturated carbocycles. The highest BCUT2D eigenvalue weighted by atomic mass is 16.1. The van der Waals surface area contributed by atoms with Crippen molar-refractivity contribution in [2.24, 2.45) is 22.7 Å². The maximum absolute atomic E-state index is 11.1. The van der Waals surface area contributed by atoms with Crippen LogP contribution in [0.5, 0.6) is 0 Å². The van der Waals surface area contributed by atoms with Crippen molar-refractivity contribution in [2.45, 2.75) is 41.0 Å². The Hall–Kier alpha value is -0.330. The Bertz CT molecular complexity index is 193. The number of aldehydes is 1. The van der Waals surface area contributed by atoms with E-state index in [-0.39, 0.29) is 10.8 Å². The van der Waals surface area contributed by atoms with Crippen LogP contribution in [-0.4, -0.2) is 6.29 Å². The Morgan fingerprint density at radius 3 is 1.75 bits per heavy atom. The molecule has 1 aliphatic rings. The van der Waals surface area contributed by atoms with Crippen molar-refractivity contribution in [3.8, 4) is 0 Å². The Kier molecular flexibility index (Phi) is 2.10. The van der Waals surface area contributed by atoms with Crippen molar-refractivity contribution in [1.82, 2.24) is 0 Å². The first kappa shape index (κ1) is 9.76. The summed E-state index contributed by atoms with van der Waals surface area (Å²) in [4.78, 5) is 11.1. The number of hydrogen-bond acceptors (Lipinski definition) is 1. The Morgan fingerprint density at radius 1 is 1.25 bits per heavy atom. The molecule has 0 bridgehead atoms. The van der Waals surface area contributed by atoms with Gasteiger partial charge in [0.05, 0.1) is 0 Å². The largest absolute Gasteiger partial charge is 0.303 e. The second-order valence-electron chi connectivity index (χ2n) is 5.25. The van der Waals surface area contributed by atoms with Gasteiger partial charge in [-0.05, 0) is 23.7 Å². The summed E-state index contributed by atoms with van der Waals surface area (Å²) < 4.78 is 0. The highest BCUT2D eigenvalue weighted by molar-refractivity contribution is 5.67. The lowest BCUT2D eigenvalue weighted by Crippen LogP contribution is -2.24. The van der Waals surface area contributed by atoms with Crippen LogP contribution in [0, 0.1) is 22.7 Å². The summed E-state index contributed by atoms with van der Waals surface area (Å²) in [6, 6.07) is 0. The second-order valence-corrected chi connectivity index (χ2v) is 5.25. The molecule has 0 aromatic rings.